The van der Waals surface area contributed by atoms with Crippen LogP contribution in [0.1, 0.15) is 55.7 Å². The fourth-order valence-electron chi connectivity index (χ4n) is 7.31. The summed E-state index contributed by atoms with van der Waals surface area (Å²) in [4.78, 5) is 16.3. The SMILES string of the molecule is CC(C)(CC1NC(C(=O)NCCC(O)CO)C(c2cccc(Cl)c2F)C1(N)c1ccc(Cl)cc1F)C1=CCN(Cc2ccccc2)CC1. The van der Waals surface area contributed by atoms with E-state index in [4.69, 9.17) is 28.9 Å². The average Bonchev–Trinajstić information content (AvgIpc) is 3.34. The molecule has 0 spiro atoms. The lowest BCUT2D eigenvalue weighted by Gasteiger charge is -2.42. The van der Waals surface area contributed by atoms with Gasteiger partial charge in [0, 0.05) is 48.7 Å². The maximum Gasteiger partial charge on any atom is 0.237 e. The minimum absolute atomic E-state index is 0.0545. The van der Waals surface area contributed by atoms with Gasteiger partial charge in [0.15, 0.2) is 0 Å². The van der Waals surface area contributed by atoms with E-state index in [0.29, 0.717) is 6.42 Å². The first-order valence-corrected chi connectivity index (χ1v) is 17.1. The van der Waals surface area contributed by atoms with Crippen molar-refractivity contribution < 1.29 is 23.8 Å². The van der Waals surface area contributed by atoms with Crippen LogP contribution in [-0.4, -0.2) is 65.4 Å². The molecule has 0 radical (unpaired) electrons. The van der Waals surface area contributed by atoms with Gasteiger partial charge in [-0.05, 0) is 54.0 Å². The Bertz CT molecular complexity index is 1630. The molecule has 5 rings (SSSR count). The molecule has 1 fully saturated rings. The van der Waals surface area contributed by atoms with Crippen LogP contribution in [0.3, 0.4) is 0 Å². The minimum Gasteiger partial charge on any atom is -0.394 e. The Morgan fingerprint density at radius 2 is 1.90 bits per heavy atom. The Kier molecular flexibility index (Phi) is 11.6. The highest BCUT2D eigenvalue weighted by molar-refractivity contribution is 6.31. The van der Waals surface area contributed by atoms with Crippen LogP contribution in [0.15, 0.2) is 78.4 Å². The van der Waals surface area contributed by atoms with Crippen molar-refractivity contribution in [1.82, 2.24) is 15.5 Å². The van der Waals surface area contributed by atoms with E-state index in [1.54, 1.807) is 6.07 Å². The number of nitrogens with one attached hydrogen (secondary N) is 2. The molecule has 11 heteroatoms. The molecule has 2 aliphatic rings. The van der Waals surface area contributed by atoms with E-state index < -0.39 is 59.2 Å². The maximum absolute atomic E-state index is 16.0. The number of aliphatic hydroxyl groups is 2. The molecule has 2 heterocycles. The molecular formula is C37H44Cl2F2N4O3. The summed E-state index contributed by atoms with van der Waals surface area (Å²) >= 11 is 12.4. The van der Waals surface area contributed by atoms with E-state index in [9.17, 15) is 15.0 Å². The summed E-state index contributed by atoms with van der Waals surface area (Å²) in [5.41, 5.74) is 8.00. The van der Waals surface area contributed by atoms with Crippen LogP contribution in [0.5, 0.6) is 0 Å². The van der Waals surface area contributed by atoms with Gasteiger partial charge in [-0.3, -0.25) is 9.69 Å². The molecule has 7 nitrogen and oxygen atoms in total. The van der Waals surface area contributed by atoms with Gasteiger partial charge < -0.3 is 26.6 Å². The van der Waals surface area contributed by atoms with E-state index in [0.717, 1.165) is 26.1 Å². The predicted molar refractivity (Wildman–Crippen MR) is 186 cm³/mol. The van der Waals surface area contributed by atoms with Gasteiger partial charge in [0.2, 0.25) is 5.91 Å². The maximum atomic E-state index is 16.0. The molecule has 3 aromatic carbocycles. The highest BCUT2D eigenvalue weighted by Crippen LogP contribution is 2.51. The average molecular weight is 702 g/mol. The molecule has 2 aliphatic heterocycles. The van der Waals surface area contributed by atoms with Crippen LogP contribution in [0.25, 0.3) is 0 Å². The number of amides is 1. The van der Waals surface area contributed by atoms with Gasteiger partial charge in [0.25, 0.3) is 0 Å². The number of halogens is 4. The third-order valence-electron chi connectivity index (χ3n) is 9.92. The van der Waals surface area contributed by atoms with Gasteiger partial charge >= 0.3 is 0 Å². The van der Waals surface area contributed by atoms with Crippen molar-refractivity contribution in [2.45, 2.75) is 69.3 Å². The minimum atomic E-state index is -1.63. The highest BCUT2D eigenvalue weighted by Gasteiger charge is 2.59. The van der Waals surface area contributed by atoms with Gasteiger partial charge in [-0.1, -0.05) is 97.2 Å². The highest BCUT2D eigenvalue weighted by atomic mass is 35.5. The molecule has 6 N–H and O–H groups in total. The summed E-state index contributed by atoms with van der Waals surface area (Å²) in [5, 5.41) is 25.3. The van der Waals surface area contributed by atoms with Crippen LogP contribution in [-0.2, 0) is 16.9 Å². The fourth-order valence-corrected chi connectivity index (χ4v) is 7.65. The Morgan fingerprint density at radius 1 is 1.15 bits per heavy atom. The molecule has 48 heavy (non-hydrogen) atoms. The number of rotatable bonds is 12. The van der Waals surface area contributed by atoms with E-state index in [1.165, 1.54) is 41.5 Å². The monoisotopic (exact) mass is 700 g/mol. The molecule has 0 bridgehead atoms. The number of nitrogens with zero attached hydrogens (tertiary/aromatic N) is 1. The molecule has 0 aromatic heterocycles. The standard InChI is InChI=1S/C37H44Cl2F2N4O3/c1-36(2,24-14-17-45(18-15-24)21-23-7-4-3-5-8-23)20-31-37(42,28-12-11-25(38)19-30(28)40)32(27-9-6-10-29(39)33(27)41)34(44-31)35(48)43-16-13-26(47)22-46/h3-12,14,19,26,31-32,34,44,46-47H,13,15-18,20-22,42H2,1-2H3,(H,43,48). The van der Waals surface area contributed by atoms with Crippen molar-refractivity contribution in [3.8, 4) is 0 Å². The van der Waals surface area contributed by atoms with Gasteiger partial charge in [-0.2, -0.15) is 0 Å². The zero-order chi connectivity index (χ0) is 34.6. The van der Waals surface area contributed by atoms with E-state index in [1.807, 2.05) is 18.2 Å². The normalized spacial score (nSPS) is 23.9. The lowest BCUT2D eigenvalue weighted by molar-refractivity contribution is -0.123. The van der Waals surface area contributed by atoms with Crippen molar-refractivity contribution in [2.24, 2.45) is 11.1 Å². The lowest BCUT2D eigenvalue weighted by atomic mass is 9.66. The van der Waals surface area contributed by atoms with E-state index in [-0.39, 0.29) is 34.1 Å². The predicted octanol–water partition coefficient (Wildman–Crippen LogP) is 5.66. The van der Waals surface area contributed by atoms with Gasteiger partial charge in [0.05, 0.1) is 29.3 Å². The van der Waals surface area contributed by atoms with Crippen LogP contribution in [0.4, 0.5) is 8.78 Å². The Hall–Kier alpha value is -2.89. The van der Waals surface area contributed by atoms with E-state index in [2.05, 4.69) is 47.6 Å². The number of carbonyl (C=O) groups is 1. The summed E-state index contributed by atoms with van der Waals surface area (Å²) in [6, 6.07) is 17.3. The van der Waals surface area contributed by atoms with Crippen molar-refractivity contribution in [3.63, 3.8) is 0 Å². The van der Waals surface area contributed by atoms with Crippen LogP contribution in [0.2, 0.25) is 10.0 Å². The molecule has 1 saturated heterocycles. The van der Waals surface area contributed by atoms with Crippen molar-refractivity contribution in [3.05, 3.63) is 117 Å². The summed E-state index contributed by atoms with van der Waals surface area (Å²) < 4.78 is 31.9. The zero-order valence-electron chi connectivity index (χ0n) is 27.2. The molecule has 5 unspecified atom stereocenters. The van der Waals surface area contributed by atoms with Gasteiger partial charge in [0.1, 0.15) is 11.6 Å². The Morgan fingerprint density at radius 3 is 2.56 bits per heavy atom. The number of hydrogen-bond donors (Lipinski definition) is 5. The number of benzene rings is 3. The molecule has 0 aliphatic carbocycles. The third kappa shape index (κ3) is 7.78. The molecular weight excluding hydrogens is 657 g/mol. The second-order valence-electron chi connectivity index (χ2n) is 13.6. The first-order valence-electron chi connectivity index (χ1n) is 16.3. The zero-order valence-corrected chi connectivity index (χ0v) is 28.7. The Labute approximate surface area is 291 Å². The van der Waals surface area contributed by atoms with Crippen molar-refractivity contribution in [1.29, 1.82) is 0 Å². The molecule has 0 saturated carbocycles. The van der Waals surface area contributed by atoms with Crippen molar-refractivity contribution >= 4 is 29.1 Å². The third-order valence-corrected chi connectivity index (χ3v) is 10.4. The Balaban J connectivity index is 1.52. The molecule has 5 atom stereocenters. The van der Waals surface area contributed by atoms with Gasteiger partial charge in [-0.25, -0.2) is 8.78 Å². The number of carbonyl (C=O) groups excluding carboxylic acids is 1. The summed E-state index contributed by atoms with van der Waals surface area (Å²) in [7, 11) is 0. The number of aliphatic hydroxyl groups excluding tert-OH is 2. The number of hydrogen-bond acceptors (Lipinski definition) is 6. The molecule has 3 aromatic rings. The second-order valence-corrected chi connectivity index (χ2v) is 14.4. The second kappa shape index (κ2) is 15.3. The van der Waals surface area contributed by atoms with Crippen LogP contribution in [0, 0.1) is 17.0 Å². The first kappa shape index (κ1) is 36.4. The smallest absolute Gasteiger partial charge is 0.237 e. The first-order chi connectivity index (χ1) is 22.8. The van der Waals surface area contributed by atoms with Crippen LogP contribution < -0.4 is 16.4 Å². The largest absolute Gasteiger partial charge is 0.394 e. The van der Waals surface area contributed by atoms with Gasteiger partial charge in [-0.15, -0.1) is 0 Å². The van der Waals surface area contributed by atoms with Crippen molar-refractivity contribution in [2.75, 3.05) is 26.2 Å². The summed E-state index contributed by atoms with van der Waals surface area (Å²) in [6.45, 7) is 6.31. The lowest BCUT2D eigenvalue weighted by Crippen LogP contribution is -2.53. The number of nitrogens with two attached hydrogens (primary N) is 1. The quantitative estimate of drug-likeness (QED) is 0.156. The topological polar surface area (TPSA) is 111 Å². The summed E-state index contributed by atoms with van der Waals surface area (Å²) in [6.07, 6.45) is 2.56. The molecule has 258 valence electrons. The summed E-state index contributed by atoms with van der Waals surface area (Å²) in [5.74, 6) is -2.99. The van der Waals surface area contributed by atoms with E-state index >= 15 is 8.78 Å². The molecule has 1 amide bonds. The fraction of sp³-hybridized carbons (Fsp3) is 0.432. The van der Waals surface area contributed by atoms with Crippen LogP contribution >= 0.6 is 23.2 Å².